The summed E-state index contributed by atoms with van der Waals surface area (Å²) in [5, 5.41) is 0. The Morgan fingerprint density at radius 3 is 2.25 bits per heavy atom. The summed E-state index contributed by atoms with van der Waals surface area (Å²) in [6.45, 7) is 2.07. The van der Waals surface area contributed by atoms with Crippen molar-refractivity contribution in [2.45, 2.75) is 6.92 Å². The Morgan fingerprint density at radius 1 is 2.00 bits per heavy atom. The molecule has 0 atom stereocenters. The fraction of sp³-hybridized carbons (Fsp3) is 1.00. The van der Waals surface area contributed by atoms with E-state index < -0.39 is 0 Å². The van der Waals surface area contributed by atoms with E-state index in [1.807, 2.05) is 0 Å². The van der Waals surface area contributed by atoms with Crippen molar-refractivity contribution in [3.8, 4) is 0 Å². The van der Waals surface area contributed by atoms with Crippen LogP contribution in [-0.2, 0) is 0 Å². The third kappa shape index (κ3) is 2.78. The van der Waals surface area contributed by atoms with E-state index in [-0.39, 0.29) is 0 Å². The smallest absolute Gasteiger partial charge is 0.0352 e. The highest BCUT2D eigenvalue weighted by molar-refractivity contribution is 8.43. The highest BCUT2D eigenvalue weighted by Crippen LogP contribution is 2.06. The lowest BCUT2D eigenvalue weighted by Gasteiger charge is -1.67. The SMILES string of the molecule is CCS[P]. The monoisotopic (exact) mass is 92.0 g/mol. The highest BCUT2D eigenvalue weighted by atomic mass is 32.7. The molecule has 0 heterocycles. The van der Waals surface area contributed by atoms with E-state index >= 15 is 0 Å². The van der Waals surface area contributed by atoms with Crippen LogP contribution in [0.3, 0.4) is 0 Å². The zero-order valence-electron chi connectivity index (χ0n) is 2.56. The quantitative estimate of drug-likeness (QED) is 0.446. The fourth-order valence-corrected chi connectivity index (χ4v) is 0. The van der Waals surface area contributed by atoms with E-state index in [2.05, 4.69) is 15.4 Å². The molecule has 0 aliphatic carbocycles. The van der Waals surface area contributed by atoms with Gasteiger partial charge in [-0.1, -0.05) is 6.92 Å². The van der Waals surface area contributed by atoms with Crippen LogP contribution in [-0.4, -0.2) is 5.75 Å². The summed E-state index contributed by atoms with van der Waals surface area (Å²) in [5.41, 5.74) is 0. The van der Waals surface area contributed by atoms with Crippen molar-refractivity contribution in [2.75, 3.05) is 5.75 Å². The Kier molecular flexibility index (Phi) is 4.52. The van der Waals surface area contributed by atoms with Crippen LogP contribution >= 0.6 is 19.8 Å². The van der Waals surface area contributed by atoms with Crippen molar-refractivity contribution < 1.29 is 0 Å². The van der Waals surface area contributed by atoms with E-state index in [4.69, 9.17) is 0 Å². The molecular formula is C2H5PS. The zero-order valence-corrected chi connectivity index (χ0v) is 4.27. The Balaban J connectivity index is 1.97. The van der Waals surface area contributed by atoms with Crippen LogP contribution in [0.2, 0.25) is 0 Å². The molecule has 2 radical (unpaired) electrons. The molecule has 0 fully saturated rings. The average molecular weight is 92.1 g/mol. The molecule has 0 spiro atoms. The number of hydrogen-bond acceptors (Lipinski definition) is 1. The summed E-state index contributed by atoms with van der Waals surface area (Å²) in [6.07, 6.45) is 0. The molecule has 0 unspecified atom stereocenters. The van der Waals surface area contributed by atoms with Crippen LogP contribution in [0.25, 0.3) is 0 Å². The predicted octanol–water partition coefficient (Wildman–Crippen LogP) is 2.06. The zero-order chi connectivity index (χ0) is 3.41. The van der Waals surface area contributed by atoms with Gasteiger partial charge in [0.1, 0.15) is 0 Å². The summed E-state index contributed by atoms with van der Waals surface area (Å²) >= 11 is 1.55. The normalized spacial score (nSPS) is 7.50. The number of hydrogen-bond donors (Lipinski definition) is 0. The molecule has 0 nitrogen and oxygen atoms in total. The lowest BCUT2D eigenvalue weighted by atomic mass is 11.0. The molecule has 0 saturated heterocycles. The van der Waals surface area contributed by atoms with Crippen molar-refractivity contribution in [3.05, 3.63) is 0 Å². The van der Waals surface area contributed by atoms with Gasteiger partial charge in [-0.2, -0.15) is 0 Å². The van der Waals surface area contributed by atoms with E-state index in [0.29, 0.717) is 0 Å². The molecule has 0 aromatic rings. The predicted molar refractivity (Wildman–Crippen MR) is 25.1 cm³/mol. The van der Waals surface area contributed by atoms with Gasteiger partial charge in [0, 0.05) is 8.44 Å². The van der Waals surface area contributed by atoms with Crippen molar-refractivity contribution in [1.29, 1.82) is 0 Å². The van der Waals surface area contributed by atoms with Crippen LogP contribution in [0, 0.1) is 0 Å². The third-order valence-electron chi connectivity index (χ3n) is 0.129. The maximum Gasteiger partial charge on any atom is 0.0352 e. The molecule has 0 amide bonds. The van der Waals surface area contributed by atoms with Crippen LogP contribution in [0.5, 0.6) is 0 Å². The van der Waals surface area contributed by atoms with Gasteiger partial charge in [-0.3, -0.25) is 0 Å². The largest absolute Gasteiger partial charge is 0.123 e. The maximum atomic E-state index is 3.84. The fourth-order valence-electron chi connectivity index (χ4n) is 0. The lowest BCUT2D eigenvalue weighted by Crippen LogP contribution is -1.44. The van der Waals surface area contributed by atoms with E-state index in [0.717, 1.165) is 5.75 Å². The van der Waals surface area contributed by atoms with Gasteiger partial charge in [0.25, 0.3) is 0 Å². The van der Waals surface area contributed by atoms with Gasteiger partial charge in [0.2, 0.25) is 0 Å². The van der Waals surface area contributed by atoms with Crippen LogP contribution in [0.1, 0.15) is 6.92 Å². The molecule has 4 heavy (non-hydrogen) atoms. The van der Waals surface area contributed by atoms with Crippen LogP contribution < -0.4 is 0 Å². The molecule has 0 aromatic heterocycles. The lowest BCUT2D eigenvalue weighted by molar-refractivity contribution is 1.54. The summed E-state index contributed by atoms with van der Waals surface area (Å²) < 4.78 is 0. The summed E-state index contributed by atoms with van der Waals surface area (Å²) in [4.78, 5) is 0. The van der Waals surface area contributed by atoms with E-state index in [1.54, 1.807) is 11.4 Å². The summed E-state index contributed by atoms with van der Waals surface area (Å²) in [6, 6.07) is 0. The first-order valence-electron chi connectivity index (χ1n) is 1.18. The van der Waals surface area contributed by atoms with Gasteiger partial charge in [0.15, 0.2) is 0 Å². The minimum absolute atomic E-state index is 1.10. The first-order valence-corrected chi connectivity index (χ1v) is 3.22. The highest BCUT2D eigenvalue weighted by Gasteiger charge is 1.57. The molecular weight excluding hydrogens is 87.1 g/mol. The molecule has 0 saturated carbocycles. The van der Waals surface area contributed by atoms with Gasteiger partial charge >= 0.3 is 0 Å². The van der Waals surface area contributed by atoms with Gasteiger partial charge in [-0.15, -0.1) is 11.4 Å². The van der Waals surface area contributed by atoms with Gasteiger partial charge in [-0.05, 0) is 5.75 Å². The van der Waals surface area contributed by atoms with Crippen molar-refractivity contribution in [1.82, 2.24) is 0 Å². The minimum atomic E-state index is 1.10. The molecule has 0 N–H and O–H groups in total. The maximum absolute atomic E-state index is 3.84. The standard InChI is InChI=1S/C2H5PS/c1-2-4-3/h2H2,1H3. The second-order valence-corrected chi connectivity index (χ2v) is 2.03. The first-order chi connectivity index (χ1) is 1.91. The number of rotatable bonds is 1. The summed E-state index contributed by atoms with van der Waals surface area (Å²) in [5.74, 6) is 1.10. The van der Waals surface area contributed by atoms with Gasteiger partial charge in [0.05, 0.1) is 0 Å². The van der Waals surface area contributed by atoms with E-state index in [9.17, 15) is 0 Å². The van der Waals surface area contributed by atoms with E-state index in [1.165, 1.54) is 0 Å². The molecule has 2 heteroatoms. The first kappa shape index (κ1) is 4.78. The Morgan fingerprint density at radius 2 is 2.25 bits per heavy atom. The molecule has 0 aromatic carbocycles. The Labute approximate surface area is 33.3 Å². The van der Waals surface area contributed by atoms with Crippen LogP contribution in [0.4, 0.5) is 0 Å². The molecule has 0 aliphatic heterocycles. The Bertz CT molecular complexity index is 8.00. The second-order valence-electron chi connectivity index (χ2n) is 0.418. The van der Waals surface area contributed by atoms with Gasteiger partial charge < -0.3 is 0 Å². The Hall–Kier alpha value is 0.780. The molecule has 24 valence electrons. The topological polar surface area (TPSA) is 0 Å². The van der Waals surface area contributed by atoms with Crippen LogP contribution in [0.15, 0.2) is 0 Å². The van der Waals surface area contributed by atoms with Crippen molar-refractivity contribution in [2.24, 2.45) is 0 Å². The van der Waals surface area contributed by atoms with Crippen molar-refractivity contribution >= 4 is 19.8 Å². The second kappa shape index (κ2) is 3.78. The third-order valence-corrected chi connectivity index (χ3v) is 1.16. The minimum Gasteiger partial charge on any atom is -0.123 e. The van der Waals surface area contributed by atoms with Crippen molar-refractivity contribution in [3.63, 3.8) is 0 Å². The molecule has 0 bridgehead atoms. The average Bonchev–Trinajstić information content (AvgIpc) is 1.37. The summed E-state index contributed by atoms with van der Waals surface area (Å²) in [7, 11) is 3.84. The molecule has 0 rings (SSSR count). The molecule has 0 aliphatic rings. The van der Waals surface area contributed by atoms with Gasteiger partial charge in [-0.25, -0.2) is 0 Å².